The van der Waals surface area contributed by atoms with E-state index in [9.17, 15) is 9.90 Å². The summed E-state index contributed by atoms with van der Waals surface area (Å²) >= 11 is 0. The third kappa shape index (κ3) is 1.41. The van der Waals surface area contributed by atoms with Crippen molar-refractivity contribution in [3.63, 3.8) is 0 Å². The number of likely N-dealkylation sites (N-methyl/N-ethyl adjacent to an activating group) is 1. The van der Waals surface area contributed by atoms with Crippen molar-refractivity contribution in [2.24, 2.45) is 0 Å². The van der Waals surface area contributed by atoms with E-state index < -0.39 is 6.23 Å². The molecular formula is C13H14N2O3. The Morgan fingerprint density at radius 1 is 1.39 bits per heavy atom. The first-order valence-electron chi connectivity index (χ1n) is 5.74. The number of hydrogen-bond acceptors (Lipinski definition) is 3. The number of fused-ring (bicyclic) bond motifs is 3. The molecule has 0 saturated carbocycles. The Morgan fingerprint density at radius 2 is 2.17 bits per heavy atom. The Balaban J connectivity index is 2.23. The maximum absolute atomic E-state index is 12.1. The first-order chi connectivity index (χ1) is 8.61. The number of carbonyl (C=O) groups excluding carboxylic acids is 1. The van der Waals surface area contributed by atoms with E-state index in [1.54, 1.807) is 14.2 Å². The highest BCUT2D eigenvalue weighted by Gasteiger charge is 2.29. The van der Waals surface area contributed by atoms with Gasteiger partial charge < -0.3 is 19.3 Å². The first kappa shape index (κ1) is 11.1. The summed E-state index contributed by atoms with van der Waals surface area (Å²) in [6, 6.07) is 7.48. The first-order valence-corrected chi connectivity index (χ1v) is 5.74. The molecule has 1 amide bonds. The highest BCUT2D eigenvalue weighted by molar-refractivity contribution is 5.99. The molecule has 5 heteroatoms. The van der Waals surface area contributed by atoms with Gasteiger partial charge in [-0.25, -0.2) is 0 Å². The zero-order chi connectivity index (χ0) is 12.9. The van der Waals surface area contributed by atoms with Crippen molar-refractivity contribution in [3.8, 4) is 5.75 Å². The molecule has 0 spiro atoms. The van der Waals surface area contributed by atoms with E-state index in [1.807, 2.05) is 28.8 Å². The van der Waals surface area contributed by atoms with Crippen LogP contribution in [-0.2, 0) is 6.54 Å². The molecule has 1 unspecified atom stereocenters. The third-order valence-electron chi connectivity index (χ3n) is 3.44. The summed E-state index contributed by atoms with van der Waals surface area (Å²) in [5, 5.41) is 10.8. The van der Waals surface area contributed by atoms with Crippen molar-refractivity contribution in [2.75, 3.05) is 14.2 Å². The average Bonchev–Trinajstić information content (AvgIpc) is 2.74. The second-order valence-electron chi connectivity index (χ2n) is 4.46. The quantitative estimate of drug-likeness (QED) is 0.818. The summed E-state index contributed by atoms with van der Waals surface area (Å²) in [6.45, 7) is 0.396. The minimum absolute atomic E-state index is 0.163. The van der Waals surface area contributed by atoms with Gasteiger partial charge in [-0.15, -0.1) is 0 Å². The molecule has 0 fully saturated rings. The average molecular weight is 246 g/mol. The van der Waals surface area contributed by atoms with E-state index in [-0.39, 0.29) is 5.91 Å². The lowest BCUT2D eigenvalue weighted by atomic mass is 10.2. The van der Waals surface area contributed by atoms with Gasteiger partial charge in [0.2, 0.25) is 0 Å². The third-order valence-corrected chi connectivity index (χ3v) is 3.44. The van der Waals surface area contributed by atoms with Crippen LogP contribution < -0.4 is 4.74 Å². The van der Waals surface area contributed by atoms with Crippen LogP contribution in [0.2, 0.25) is 0 Å². The smallest absolute Gasteiger partial charge is 0.272 e. The summed E-state index contributed by atoms with van der Waals surface area (Å²) in [4.78, 5) is 13.4. The van der Waals surface area contributed by atoms with Gasteiger partial charge in [0.05, 0.1) is 13.7 Å². The molecular weight excluding hydrogens is 232 g/mol. The van der Waals surface area contributed by atoms with Crippen molar-refractivity contribution in [1.29, 1.82) is 0 Å². The molecule has 1 aliphatic heterocycles. The van der Waals surface area contributed by atoms with Gasteiger partial charge in [0.1, 0.15) is 17.7 Å². The summed E-state index contributed by atoms with van der Waals surface area (Å²) in [5.74, 6) is 0.593. The molecule has 94 valence electrons. The zero-order valence-corrected chi connectivity index (χ0v) is 10.3. The molecule has 2 heterocycles. The number of aliphatic hydroxyl groups excluding tert-OH is 1. The number of methoxy groups -OCH3 is 1. The SMILES string of the molecule is COc1ccc2c(c1)cc1n2CC(O)N(C)C1=O. The van der Waals surface area contributed by atoms with E-state index in [1.165, 1.54) is 4.90 Å². The molecule has 1 aromatic heterocycles. The van der Waals surface area contributed by atoms with Crippen LogP contribution >= 0.6 is 0 Å². The van der Waals surface area contributed by atoms with Crippen LogP contribution in [0.25, 0.3) is 10.9 Å². The van der Waals surface area contributed by atoms with Crippen molar-refractivity contribution >= 4 is 16.8 Å². The largest absolute Gasteiger partial charge is 0.497 e. The molecule has 1 atom stereocenters. The lowest BCUT2D eigenvalue weighted by molar-refractivity contribution is 0.00166. The standard InChI is InChI=1S/C13H14N2O3/c1-14-12(16)7-15-10-4-3-9(18-2)5-8(10)6-11(15)13(14)17/h3-6,12,16H,7H2,1-2H3. The maximum atomic E-state index is 12.1. The van der Waals surface area contributed by atoms with Crippen LogP contribution in [0.5, 0.6) is 5.75 Å². The van der Waals surface area contributed by atoms with E-state index in [4.69, 9.17) is 4.74 Å². The molecule has 1 aromatic carbocycles. The second kappa shape index (κ2) is 3.74. The predicted molar refractivity (Wildman–Crippen MR) is 66.6 cm³/mol. The van der Waals surface area contributed by atoms with E-state index in [0.717, 1.165) is 16.7 Å². The van der Waals surface area contributed by atoms with Crippen molar-refractivity contribution in [1.82, 2.24) is 9.47 Å². The number of nitrogens with zero attached hydrogens (tertiary/aromatic N) is 2. The highest BCUT2D eigenvalue weighted by atomic mass is 16.5. The molecule has 3 rings (SSSR count). The minimum atomic E-state index is -0.775. The number of aromatic nitrogens is 1. The molecule has 0 bridgehead atoms. The Hall–Kier alpha value is -2.01. The summed E-state index contributed by atoms with van der Waals surface area (Å²) in [7, 11) is 3.22. The van der Waals surface area contributed by atoms with Gasteiger partial charge in [0, 0.05) is 18.0 Å². The number of ether oxygens (including phenoxy) is 1. The molecule has 1 aliphatic rings. The van der Waals surface area contributed by atoms with Crippen LogP contribution in [0.4, 0.5) is 0 Å². The molecule has 1 N–H and O–H groups in total. The monoisotopic (exact) mass is 246 g/mol. The number of aliphatic hydroxyl groups is 1. The fourth-order valence-corrected chi connectivity index (χ4v) is 2.35. The molecule has 0 aliphatic carbocycles. The summed E-state index contributed by atoms with van der Waals surface area (Å²) < 4.78 is 7.02. The minimum Gasteiger partial charge on any atom is -0.497 e. The normalized spacial score (nSPS) is 19.2. The van der Waals surface area contributed by atoms with Crippen molar-refractivity contribution < 1.29 is 14.6 Å². The Labute approximate surface area is 104 Å². The number of carbonyl (C=O) groups is 1. The van der Waals surface area contributed by atoms with Crippen molar-refractivity contribution in [2.45, 2.75) is 12.8 Å². The Kier molecular flexibility index (Phi) is 2.31. The van der Waals surface area contributed by atoms with Gasteiger partial charge in [0.25, 0.3) is 5.91 Å². The lowest BCUT2D eigenvalue weighted by Crippen LogP contribution is -2.45. The van der Waals surface area contributed by atoms with Crippen LogP contribution in [0.1, 0.15) is 10.5 Å². The van der Waals surface area contributed by atoms with Gasteiger partial charge >= 0.3 is 0 Å². The van der Waals surface area contributed by atoms with Gasteiger partial charge in [-0.2, -0.15) is 0 Å². The topological polar surface area (TPSA) is 54.7 Å². The van der Waals surface area contributed by atoms with Gasteiger partial charge in [-0.05, 0) is 24.3 Å². The second-order valence-corrected chi connectivity index (χ2v) is 4.46. The fraction of sp³-hybridized carbons (Fsp3) is 0.308. The van der Waals surface area contributed by atoms with Crippen LogP contribution in [-0.4, -0.2) is 40.9 Å². The summed E-state index contributed by atoms with van der Waals surface area (Å²) in [5.41, 5.74) is 1.54. The zero-order valence-electron chi connectivity index (χ0n) is 10.3. The van der Waals surface area contributed by atoms with E-state index in [0.29, 0.717) is 12.2 Å². The van der Waals surface area contributed by atoms with Crippen LogP contribution in [0.15, 0.2) is 24.3 Å². The predicted octanol–water partition coefficient (Wildman–Crippen LogP) is 1.05. The Bertz CT molecular complexity index is 632. The molecule has 5 nitrogen and oxygen atoms in total. The Morgan fingerprint density at radius 3 is 2.89 bits per heavy atom. The molecule has 0 radical (unpaired) electrons. The number of amides is 1. The number of hydrogen-bond donors (Lipinski definition) is 1. The van der Waals surface area contributed by atoms with Gasteiger partial charge in [0.15, 0.2) is 0 Å². The highest BCUT2D eigenvalue weighted by Crippen LogP contribution is 2.28. The summed E-state index contributed by atoms with van der Waals surface area (Å²) in [6.07, 6.45) is -0.775. The lowest BCUT2D eigenvalue weighted by Gasteiger charge is -2.30. The number of benzene rings is 1. The van der Waals surface area contributed by atoms with Crippen LogP contribution in [0.3, 0.4) is 0 Å². The molecule has 18 heavy (non-hydrogen) atoms. The van der Waals surface area contributed by atoms with Crippen LogP contribution in [0, 0.1) is 0 Å². The van der Waals surface area contributed by atoms with Gasteiger partial charge in [-0.3, -0.25) is 4.79 Å². The van der Waals surface area contributed by atoms with Crippen molar-refractivity contribution in [3.05, 3.63) is 30.0 Å². The number of rotatable bonds is 1. The fourth-order valence-electron chi connectivity index (χ4n) is 2.35. The molecule has 2 aromatic rings. The molecule has 0 saturated heterocycles. The van der Waals surface area contributed by atoms with E-state index >= 15 is 0 Å². The van der Waals surface area contributed by atoms with E-state index in [2.05, 4.69) is 0 Å². The van der Waals surface area contributed by atoms with Gasteiger partial charge in [-0.1, -0.05) is 0 Å². The maximum Gasteiger partial charge on any atom is 0.272 e.